The van der Waals surface area contributed by atoms with Gasteiger partial charge in [0, 0.05) is 6.20 Å². The molecule has 0 saturated carbocycles. The smallest absolute Gasteiger partial charge is 0.327 e. The first kappa shape index (κ1) is 14.9. The third-order valence-electron chi connectivity index (χ3n) is 2.73. The molecule has 0 aromatic carbocycles. The van der Waals surface area contributed by atoms with E-state index in [0.29, 0.717) is 11.4 Å². The zero-order valence-electron chi connectivity index (χ0n) is 11.3. The Balaban J connectivity index is 3.21. The van der Waals surface area contributed by atoms with Crippen molar-refractivity contribution in [3.63, 3.8) is 0 Å². The average molecular weight is 266 g/mol. The zero-order chi connectivity index (χ0) is 14.5. The van der Waals surface area contributed by atoms with Crippen molar-refractivity contribution in [3.8, 4) is 0 Å². The second-order valence-corrected chi connectivity index (χ2v) is 4.04. The molecule has 104 valence electrons. The molecule has 0 spiro atoms. The van der Waals surface area contributed by atoms with E-state index < -0.39 is 17.4 Å². The Bertz CT molecular complexity index is 438. The summed E-state index contributed by atoms with van der Waals surface area (Å²) in [5.74, 6) is -1.03. The minimum absolute atomic E-state index is 0.177. The molecule has 1 heterocycles. The largest absolute Gasteiger partial charge is 0.465 e. The molecule has 0 radical (unpaired) electrons. The summed E-state index contributed by atoms with van der Waals surface area (Å²) in [7, 11) is 0. The third-order valence-corrected chi connectivity index (χ3v) is 2.73. The number of esters is 2. The van der Waals surface area contributed by atoms with Gasteiger partial charge in [0.1, 0.15) is 5.82 Å². The van der Waals surface area contributed by atoms with Crippen molar-refractivity contribution in [2.45, 2.75) is 26.2 Å². The Kier molecular flexibility index (Phi) is 4.86. The summed E-state index contributed by atoms with van der Waals surface area (Å²) in [6.45, 7) is 5.15. The maximum atomic E-state index is 12.1. The second-order valence-electron chi connectivity index (χ2n) is 4.04. The lowest BCUT2D eigenvalue weighted by atomic mass is 9.83. The number of hydrogen-bond acceptors (Lipinski definition) is 6. The van der Waals surface area contributed by atoms with Gasteiger partial charge in [0.15, 0.2) is 5.41 Å². The zero-order valence-corrected chi connectivity index (χ0v) is 11.3. The average Bonchev–Trinajstić information content (AvgIpc) is 2.39. The first-order valence-electron chi connectivity index (χ1n) is 6.03. The van der Waals surface area contributed by atoms with Gasteiger partial charge in [-0.25, -0.2) is 4.98 Å². The van der Waals surface area contributed by atoms with Crippen LogP contribution in [0.5, 0.6) is 0 Å². The number of ether oxygens (including phenoxy) is 2. The summed E-state index contributed by atoms with van der Waals surface area (Å²) in [6.07, 6.45) is 1.38. The van der Waals surface area contributed by atoms with Crippen molar-refractivity contribution in [1.82, 2.24) is 4.98 Å². The Morgan fingerprint density at radius 2 is 1.74 bits per heavy atom. The van der Waals surface area contributed by atoms with Crippen LogP contribution in [0.15, 0.2) is 18.3 Å². The van der Waals surface area contributed by atoms with E-state index in [2.05, 4.69) is 4.98 Å². The van der Waals surface area contributed by atoms with Crippen molar-refractivity contribution >= 4 is 17.8 Å². The number of nitrogens with two attached hydrogens (primary N) is 1. The van der Waals surface area contributed by atoms with Gasteiger partial charge in [-0.05, 0) is 32.4 Å². The number of pyridine rings is 1. The van der Waals surface area contributed by atoms with Gasteiger partial charge in [0.25, 0.3) is 0 Å². The van der Waals surface area contributed by atoms with Crippen LogP contribution < -0.4 is 5.73 Å². The van der Waals surface area contributed by atoms with Crippen LogP contribution in [-0.4, -0.2) is 30.1 Å². The summed E-state index contributed by atoms with van der Waals surface area (Å²) in [6, 6.07) is 3.09. The summed E-state index contributed by atoms with van der Waals surface area (Å²) in [5, 5.41) is 0. The lowest BCUT2D eigenvalue weighted by molar-refractivity contribution is -0.163. The molecule has 0 aliphatic carbocycles. The molecule has 0 bridgehead atoms. The number of rotatable bonds is 5. The van der Waals surface area contributed by atoms with Gasteiger partial charge in [-0.3, -0.25) is 9.59 Å². The van der Waals surface area contributed by atoms with Crippen molar-refractivity contribution < 1.29 is 19.1 Å². The van der Waals surface area contributed by atoms with Crippen molar-refractivity contribution in [2.75, 3.05) is 18.9 Å². The molecule has 0 fully saturated rings. The molecule has 1 rings (SSSR count). The van der Waals surface area contributed by atoms with Crippen LogP contribution in [0.3, 0.4) is 0 Å². The predicted octanol–water partition coefficient (Wildman–Crippen LogP) is 1.05. The predicted molar refractivity (Wildman–Crippen MR) is 69.3 cm³/mol. The van der Waals surface area contributed by atoms with Gasteiger partial charge in [-0.2, -0.15) is 0 Å². The third kappa shape index (κ3) is 3.01. The van der Waals surface area contributed by atoms with E-state index in [-0.39, 0.29) is 13.2 Å². The quantitative estimate of drug-likeness (QED) is 0.632. The molecular formula is C13H18N2O4. The van der Waals surface area contributed by atoms with Crippen LogP contribution in [0.2, 0.25) is 0 Å². The summed E-state index contributed by atoms with van der Waals surface area (Å²) < 4.78 is 9.92. The van der Waals surface area contributed by atoms with Gasteiger partial charge in [-0.1, -0.05) is 6.07 Å². The number of carbonyl (C=O) groups excluding carboxylic acids is 2. The normalized spacial score (nSPS) is 10.9. The molecule has 6 heteroatoms. The summed E-state index contributed by atoms with van der Waals surface area (Å²) >= 11 is 0. The Morgan fingerprint density at radius 1 is 1.21 bits per heavy atom. The number of carbonyl (C=O) groups is 2. The van der Waals surface area contributed by atoms with E-state index in [1.165, 1.54) is 19.2 Å². The Morgan fingerprint density at radius 3 is 2.11 bits per heavy atom. The Hall–Kier alpha value is -2.11. The van der Waals surface area contributed by atoms with Crippen molar-refractivity contribution in [1.29, 1.82) is 0 Å². The molecule has 19 heavy (non-hydrogen) atoms. The highest BCUT2D eigenvalue weighted by Crippen LogP contribution is 2.27. The molecular weight excluding hydrogens is 248 g/mol. The maximum Gasteiger partial charge on any atom is 0.327 e. The molecule has 0 aliphatic rings. The molecule has 6 nitrogen and oxygen atoms in total. The van der Waals surface area contributed by atoms with E-state index >= 15 is 0 Å². The first-order valence-corrected chi connectivity index (χ1v) is 6.03. The highest BCUT2D eigenvalue weighted by Gasteiger charge is 2.46. The van der Waals surface area contributed by atoms with E-state index in [9.17, 15) is 9.59 Å². The van der Waals surface area contributed by atoms with Gasteiger partial charge in [0.05, 0.1) is 13.2 Å². The monoisotopic (exact) mass is 266 g/mol. The first-order chi connectivity index (χ1) is 8.96. The fourth-order valence-electron chi connectivity index (χ4n) is 1.57. The summed E-state index contributed by atoms with van der Waals surface area (Å²) in [5.41, 5.74) is 4.35. The van der Waals surface area contributed by atoms with Crippen LogP contribution in [0.1, 0.15) is 26.3 Å². The van der Waals surface area contributed by atoms with E-state index in [1.54, 1.807) is 19.9 Å². The van der Waals surface area contributed by atoms with Crippen LogP contribution in [-0.2, 0) is 24.5 Å². The molecule has 0 amide bonds. The number of aromatic nitrogens is 1. The standard InChI is InChI=1S/C13H18N2O4/c1-4-18-11(16)13(3,12(17)19-5-2)9-6-7-10(14)15-8-9/h6-8H,4-5H2,1-3H3,(H2,14,15). The molecule has 1 aromatic heterocycles. The van der Waals surface area contributed by atoms with E-state index in [4.69, 9.17) is 15.2 Å². The topological polar surface area (TPSA) is 91.5 Å². The van der Waals surface area contributed by atoms with E-state index in [0.717, 1.165) is 0 Å². The lowest BCUT2D eigenvalue weighted by Crippen LogP contribution is -2.43. The fourth-order valence-corrected chi connectivity index (χ4v) is 1.57. The molecule has 1 aromatic rings. The number of anilines is 1. The van der Waals surface area contributed by atoms with Crippen LogP contribution >= 0.6 is 0 Å². The Labute approximate surface area is 111 Å². The minimum Gasteiger partial charge on any atom is -0.465 e. The molecule has 0 aliphatic heterocycles. The van der Waals surface area contributed by atoms with Crippen molar-refractivity contribution in [2.24, 2.45) is 0 Å². The van der Waals surface area contributed by atoms with Crippen LogP contribution in [0.25, 0.3) is 0 Å². The lowest BCUT2D eigenvalue weighted by Gasteiger charge is -2.25. The number of nitrogen functional groups attached to an aromatic ring is 1. The molecule has 0 atom stereocenters. The highest BCUT2D eigenvalue weighted by molar-refractivity contribution is 6.05. The van der Waals surface area contributed by atoms with Gasteiger partial charge < -0.3 is 15.2 Å². The maximum absolute atomic E-state index is 12.1. The van der Waals surface area contributed by atoms with Crippen LogP contribution in [0, 0.1) is 0 Å². The van der Waals surface area contributed by atoms with E-state index in [1.807, 2.05) is 0 Å². The molecule has 2 N–H and O–H groups in total. The SMILES string of the molecule is CCOC(=O)C(C)(C(=O)OCC)c1ccc(N)nc1. The molecule has 0 unspecified atom stereocenters. The van der Waals surface area contributed by atoms with Gasteiger partial charge in [0.2, 0.25) is 0 Å². The second kappa shape index (κ2) is 6.17. The minimum atomic E-state index is -1.53. The fraction of sp³-hybridized carbons (Fsp3) is 0.462. The highest BCUT2D eigenvalue weighted by atomic mass is 16.6. The summed E-state index contributed by atoms with van der Waals surface area (Å²) in [4.78, 5) is 28.1. The van der Waals surface area contributed by atoms with Crippen LogP contribution in [0.4, 0.5) is 5.82 Å². The van der Waals surface area contributed by atoms with Gasteiger partial charge in [-0.15, -0.1) is 0 Å². The molecule has 0 saturated heterocycles. The van der Waals surface area contributed by atoms with Gasteiger partial charge >= 0.3 is 11.9 Å². The number of nitrogens with zero attached hydrogens (tertiary/aromatic N) is 1. The number of hydrogen-bond donors (Lipinski definition) is 1. The van der Waals surface area contributed by atoms with Crippen molar-refractivity contribution in [3.05, 3.63) is 23.9 Å².